The van der Waals surface area contributed by atoms with Gasteiger partial charge in [0.05, 0.1) is 37.6 Å². The number of hydrogen-bond donors (Lipinski definition) is 2. The van der Waals surface area contributed by atoms with E-state index in [1.807, 2.05) is 19.9 Å². The summed E-state index contributed by atoms with van der Waals surface area (Å²) in [6.45, 7) is 14.5. The van der Waals surface area contributed by atoms with Crippen LogP contribution in [0.5, 0.6) is 11.6 Å². The summed E-state index contributed by atoms with van der Waals surface area (Å²) in [7, 11) is -0.645. The first-order valence-electron chi connectivity index (χ1n) is 16.6. The molecule has 0 radical (unpaired) electrons. The van der Waals surface area contributed by atoms with E-state index < -0.39 is 32.0 Å². The average Bonchev–Trinajstić information content (AvgIpc) is 3.94. The third-order valence-electron chi connectivity index (χ3n) is 7.29. The minimum absolute atomic E-state index is 0.000580. The minimum atomic E-state index is -2.11. The molecule has 0 spiro atoms. The summed E-state index contributed by atoms with van der Waals surface area (Å²) in [4.78, 5) is 49.7. The topological polar surface area (TPSA) is 118 Å². The second-order valence-electron chi connectivity index (χ2n) is 11.9. The molecule has 11 heteroatoms. The highest BCUT2D eigenvalue weighted by Crippen LogP contribution is 2.31. The number of esters is 2. The van der Waals surface area contributed by atoms with Crippen LogP contribution in [-0.2, 0) is 22.5 Å². The van der Waals surface area contributed by atoms with Gasteiger partial charge in [0.25, 0.3) is 0 Å². The number of carbonyl (C=O) groups excluding carboxylic acids is 2. The third kappa shape index (κ3) is 13.6. The van der Waals surface area contributed by atoms with Gasteiger partial charge in [0.2, 0.25) is 5.88 Å². The largest absolute Gasteiger partial charge is 0.481 e. The van der Waals surface area contributed by atoms with E-state index in [9.17, 15) is 14.0 Å². The Labute approximate surface area is 286 Å². The number of ether oxygens (including phenoxy) is 3. The van der Waals surface area contributed by atoms with Crippen LogP contribution in [0, 0.1) is 11.7 Å². The molecule has 2 N–H and O–H groups in total. The van der Waals surface area contributed by atoms with Crippen molar-refractivity contribution in [3.05, 3.63) is 77.2 Å². The van der Waals surface area contributed by atoms with Gasteiger partial charge in [-0.2, -0.15) is 0 Å². The second kappa shape index (κ2) is 20.8. The van der Waals surface area contributed by atoms with E-state index in [2.05, 4.69) is 37.6 Å². The van der Waals surface area contributed by atoms with Crippen molar-refractivity contribution in [3.8, 4) is 22.8 Å². The summed E-state index contributed by atoms with van der Waals surface area (Å²) in [5, 5.41) is 0. The number of hydrogen-bond acceptors (Lipinski definition) is 9. The van der Waals surface area contributed by atoms with E-state index in [0.717, 1.165) is 17.3 Å². The molecular formula is C37H52FN2O7P. The van der Waals surface area contributed by atoms with Gasteiger partial charge in [-0.15, -0.1) is 0 Å². The van der Waals surface area contributed by atoms with E-state index in [0.29, 0.717) is 35.4 Å². The Balaban J connectivity index is 0.00000148. The van der Waals surface area contributed by atoms with Crippen LogP contribution in [0.15, 0.2) is 54.7 Å². The molecule has 4 rings (SSSR count). The fourth-order valence-electron chi connectivity index (χ4n) is 4.72. The predicted molar refractivity (Wildman–Crippen MR) is 189 cm³/mol. The third-order valence-corrected chi connectivity index (χ3v) is 7.87. The summed E-state index contributed by atoms with van der Waals surface area (Å²) in [6, 6.07) is 13.9. The summed E-state index contributed by atoms with van der Waals surface area (Å²) in [5.41, 5.74) is 2.77. The Morgan fingerprint density at radius 1 is 0.958 bits per heavy atom. The van der Waals surface area contributed by atoms with Gasteiger partial charge in [-0.3, -0.25) is 9.69 Å². The highest BCUT2D eigenvalue weighted by molar-refractivity contribution is 7.45. The lowest BCUT2D eigenvalue weighted by atomic mass is 9.96. The van der Waals surface area contributed by atoms with Crippen molar-refractivity contribution >= 4 is 20.3 Å². The molecule has 1 fully saturated rings. The SMILES string of the molecule is C1CC1.CC.COc1cc(-c2ccc(C(=O)Oc3cccc(CC(C)C(=O)OCCP(O)O)c3)cc2CN(C(C)C)C(C)C)c(F)cn1. The summed E-state index contributed by atoms with van der Waals surface area (Å²) >= 11 is 0. The van der Waals surface area contributed by atoms with Crippen molar-refractivity contribution in [3.63, 3.8) is 0 Å². The summed E-state index contributed by atoms with van der Waals surface area (Å²) in [6.07, 6.45) is 5.97. The maximum Gasteiger partial charge on any atom is 0.343 e. The van der Waals surface area contributed by atoms with E-state index in [4.69, 9.17) is 24.0 Å². The van der Waals surface area contributed by atoms with Crippen molar-refractivity contribution in [2.24, 2.45) is 5.92 Å². The van der Waals surface area contributed by atoms with Crippen LogP contribution in [0.4, 0.5) is 4.39 Å². The summed E-state index contributed by atoms with van der Waals surface area (Å²) in [5.74, 6) is -1.41. The second-order valence-corrected chi connectivity index (χ2v) is 13.1. The Hall–Kier alpha value is -3.43. The number of benzene rings is 2. The van der Waals surface area contributed by atoms with Crippen LogP contribution in [0.3, 0.4) is 0 Å². The van der Waals surface area contributed by atoms with Crippen LogP contribution in [0.1, 0.15) is 89.2 Å². The molecule has 1 aromatic heterocycles. The minimum Gasteiger partial charge on any atom is -0.481 e. The zero-order valence-corrected chi connectivity index (χ0v) is 30.4. The molecule has 48 heavy (non-hydrogen) atoms. The van der Waals surface area contributed by atoms with Crippen LogP contribution in [-0.4, -0.2) is 63.6 Å². The molecule has 0 aliphatic heterocycles. The zero-order chi connectivity index (χ0) is 35.8. The molecular weight excluding hydrogens is 634 g/mol. The maximum absolute atomic E-state index is 15.0. The van der Waals surface area contributed by atoms with Gasteiger partial charge < -0.3 is 24.0 Å². The smallest absolute Gasteiger partial charge is 0.343 e. The van der Waals surface area contributed by atoms with Crippen molar-refractivity contribution in [1.82, 2.24) is 9.88 Å². The molecule has 1 aliphatic rings. The van der Waals surface area contributed by atoms with Crippen molar-refractivity contribution < 1.29 is 38.0 Å². The van der Waals surface area contributed by atoms with Crippen molar-refractivity contribution in [2.45, 2.75) is 92.8 Å². The van der Waals surface area contributed by atoms with Crippen molar-refractivity contribution in [2.75, 3.05) is 19.9 Å². The molecule has 2 aromatic carbocycles. The van der Waals surface area contributed by atoms with E-state index in [1.165, 1.54) is 26.4 Å². The Morgan fingerprint density at radius 2 is 1.62 bits per heavy atom. The number of nitrogens with zero attached hydrogens (tertiary/aromatic N) is 2. The molecule has 1 heterocycles. The number of aromatic nitrogens is 1. The van der Waals surface area contributed by atoms with Crippen LogP contribution in [0.2, 0.25) is 0 Å². The molecule has 264 valence electrons. The molecule has 3 aromatic rings. The first-order chi connectivity index (χ1) is 22.9. The van der Waals surface area contributed by atoms with Gasteiger partial charge in [-0.25, -0.2) is 14.2 Å². The molecule has 1 atom stereocenters. The number of carbonyl (C=O) groups is 2. The number of pyridine rings is 1. The Kier molecular flexibility index (Phi) is 17.7. The van der Waals surface area contributed by atoms with Gasteiger partial charge in [0.15, 0.2) is 8.38 Å². The van der Waals surface area contributed by atoms with Gasteiger partial charge in [0.1, 0.15) is 11.6 Å². The van der Waals surface area contributed by atoms with Gasteiger partial charge >= 0.3 is 11.9 Å². The fraction of sp³-hybridized carbons (Fsp3) is 0.486. The lowest BCUT2D eigenvalue weighted by Gasteiger charge is -2.31. The maximum atomic E-state index is 15.0. The monoisotopic (exact) mass is 686 g/mol. The van der Waals surface area contributed by atoms with Gasteiger partial charge in [-0.1, -0.05) is 58.2 Å². The van der Waals surface area contributed by atoms with Gasteiger partial charge in [0, 0.05) is 30.3 Å². The number of rotatable bonds is 14. The van der Waals surface area contributed by atoms with E-state index >= 15 is 0 Å². The van der Waals surface area contributed by atoms with Gasteiger partial charge in [-0.05, 0) is 75.1 Å². The zero-order valence-electron chi connectivity index (χ0n) is 29.5. The highest BCUT2D eigenvalue weighted by atomic mass is 31.2. The summed E-state index contributed by atoms with van der Waals surface area (Å²) < 4.78 is 31.0. The first kappa shape index (κ1) is 40.7. The molecule has 9 nitrogen and oxygen atoms in total. The highest BCUT2D eigenvalue weighted by Gasteiger charge is 2.21. The van der Waals surface area contributed by atoms with Crippen LogP contribution >= 0.6 is 8.38 Å². The van der Waals surface area contributed by atoms with Crippen LogP contribution < -0.4 is 9.47 Å². The lowest BCUT2D eigenvalue weighted by Crippen LogP contribution is -2.36. The molecule has 1 aliphatic carbocycles. The number of methoxy groups -OCH3 is 1. The lowest BCUT2D eigenvalue weighted by molar-refractivity contribution is -0.147. The molecule has 0 amide bonds. The molecule has 1 unspecified atom stereocenters. The Morgan fingerprint density at radius 3 is 2.21 bits per heavy atom. The van der Waals surface area contributed by atoms with Crippen molar-refractivity contribution in [1.29, 1.82) is 0 Å². The standard InChI is InChI=1S/C32H40FN2O7P.C3H6.C2H6/c1-20(2)35(21(3)4)19-25-16-24(10-11-27(25)28-17-30(40-6)34-18-29(28)33)32(37)42-26-9-7-8-23(15-26)14-22(5)31(36)41-12-13-43(38)39;1-2-3-1;1-2/h7-11,15-18,20-22,38-39H,12-14,19H2,1-6H3;1-3H2;1-2H3. The average molecular weight is 687 g/mol. The van der Waals surface area contributed by atoms with E-state index in [-0.39, 0.29) is 30.7 Å². The molecule has 0 saturated heterocycles. The molecule has 1 saturated carbocycles. The first-order valence-corrected chi connectivity index (χ1v) is 18.0. The predicted octanol–water partition coefficient (Wildman–Crippen LogP) is 7.95. The van der Waals surface area contributed by atoms with E-state index in [1.54, 1.807) is 49.4 Å². The van der Waals surface area contributed by atoms with Crippen LogP contribution in [0.25, 0.3) is 11.1 Å². The number of halogens is 1. The normalized spacial score (nSPS) is 12.6. The Bertz CT molecular complexity index is 1440. The molecule has 0 bridgehead atoms. The fourth-order valence-corrected chi connectivity index (χ4v) is 4.97. The quantitative estimate of drug-likeness (QED) is 0.0990.